The third kappa shape index (κ3) is 6.18. The first-order valence-corrected chi connectivity index (χ1v) is 8.96. The summed E-state index contributed by atoms with van der Waals surface area (Å²) in [5.74, 6) is 1.45. The average molecular weight is 408 g/mol. The second-order valence-corrected chi connectivity index (χ2v) is 6.40. The van der Waals surface area contributed by atoms with Crippen LogP contribution < -0.4 is 14.8 Å². The van der Waals surface area contributed by atoms with Gasteiger partial charge in [0.05, 0.1) is 18.7 Å². The Kier molecular flexibility index (Phi) is 7.95. The highest BCUT2D eigenvalue weighted by Gasteiger charge is 2.09. The van der Waals surface area contributed by atoms with Crippen LogP contribution >= 0.6 is 15.9 Å². The highest BCUT2D eigenvalue weighted by atomic mass is 79.9. The monoisotopic (exact) mass is 407 g/mol. The lowest BCUT2D eigenvalue weighted by atomic mass is 10.1. The van der Waals surface area contributed by atoms with E-state index in [0.717, 1.165) is 53.0 Å². The van der Waals surface area contributed by atoms with Crippen LogP contribution in [0.1, 0.15) is 17.5 Å². The summed E-state index contributed by atoms with van der Waals surface area (Å²) < 4.78 is 24.5. The zero-order valence-electron chi connectivity index (χ0n) is 14.5. The summed E-state index contributed by atoms with van der Waals surface area (Å²) in [4.78, 5) is 0. The molecule has 134 valence electrons. The normalized spacial score (nSPS) is 11.0. The molecule has 0 heterocycles. The molecule has 0 amide bonds. The van der Waals surface area contributed by atoms with E-state index < -0.39 is 0 Å². The molecule has 0 atom stereocenters. The predicted molar refractivity (Wildman–Crippen MR) is 104 cm³/mol. The van der Waals surface area contributed by atoms with Gasteiger partial charge in [0.2, 0.25) is 0 Å². The van der Waals surface area contributed by atoms with Gasteiger partial charge in [0.1, 0.15) is 17.3 Å². The van der Waals surface area contributed by atoms with Crippen molar-refractivity contribution in [2.75, 3.05) is 27.3 Å². The van der Waals surface area contributed by atoms with E-state index in [9.17, 15) is 4.39 Å². The number of nitrogens with one attached hydrogen (secondary N) is 1. The fraction of sp³-hybridized carbons (Fsp3) is 0.300. The number of benzene rings is 2. The van der Waals surface area contributed by atoms with Crippen molar-refractivity contribution in [3.63, 3.8) is 0 Å². The van der Waals surface area contributed by atoms with Crippen molar-refractivity contribution >= 4 is 22.0 Å². The third-order valence-electron chi connectivity index (χ3n) is 3.79. The van der Waals surface area contributed by atoms with E-state index in [4.69, 9.17) is 9.47 Å². The Morgan fingerprint density at radius 1 is 1.04 bits per heavy atom. The predicted octanol–water partition coefficient (Wildman–Crippen LogP) is 4.84. The summed E-state index contributed by atoms with van der Waals surface area (Å²) in [6.07, 6.45) is 5.86. The van der Waals surface area contributed by atoms with Gasteiger partial charge in [0, 0.05) is 0 Å². The van der Waals surface area contributed by atoms with Crippen molar-refractivity contribution in [1.82, 2.24) is 5.32 Å². The lowest BCUT2D eigenvalue weighted by Gasteiger charge is -2.12. The van der Waals surface area contributed by atoms with Crippen molar-refractivity contribution < 1.29 is 13.9 Å². The number of halogens is 2. The molecule has 1 N–H and O–H groups in total. The van der Waals surface area contributed by atoms with E-state index in [-0.39, 0.29) is 5.82 Å². The molecule has 2 aromatic rings. The minimum absolute atomic E-state index is 0.209. The molecule has 3 nitrogen and oxygen atoms in total. The number of hydrogen-bond acceptors (Lipinski definition) is 3. The Labute approximate surface area is 157 Å². The van der Waals surface area contributed by atoms with Crippen LogP contribution in [0.2, 0.25) is 0 Å². The van der Waals surface area contributed by atoms with Crippen LogP contribution in [0.25, 0.3) is 6.08 Å². The summed E-state index contributed by atoms with van der Waals surface area (Å²) in [7, 11) is 3.33. The second kappa shape index (κ2) is 10.2. The minimum Gasteiger partial charge on any atom is -0.496 e. The van der Waals surface area contributed by atoms with E-state index in [2.05, 4.69) is 27.3 Å². The van der Waals surface area contributed by atoms with Crippen molar-refractivity contribution in [3.05, 3.63) is 63.9 Å². The van der Waals surface area contributed by atoms with E-state index in [1.54, 1.807) is 26.4 Å². The number of hydrogen-bond donors (Lipinski definition) is 1. The maximum atomic E-state index is 12.8. The molecule has 0 unspecified atom stereocenters. The summed E-state index contributed by atoms with van der Waals surface area (Å²) in [5.41, 5.74) is 2.12. The molecule has 0 aliphatic heterocycles. The number of rotatable bonds is 9. The maximum Gasteiger partial charge on any atom is 0.133 e. The van der Waals surface area contributed by atoms with Gasteiger partial charge in [-0.2, -0.15) is 0 Å². The topological polar surface area (TPSA) is 30.5 Å². The quantitative estimate of drug-likeness (QED) is 0.603. The largest absolute Gasteiger partial charge is 0.496 e. The van der Waals surface area contributed by atoms with Crippen LogP contribution in [0, 0.1) is 5.82 Å². The average Bonchev–Trinajstić information content (AvgIpc) is 2.63. The Bertz CT molecular complexity index is 702. The van der Waals surface area contributed by atoms with Crippen LogP contribution in [0.3, 0.4) is 0 Å². The van der Waals surface area contributed by atoms with Crippen LogP contribution in [0.5, 0.6) is 11.5 Å². The number of methoxy groups -OCH3 is 2. The first-order chi connectivity index (χ1) is 12.1. The Morgan fingerprint density at radius 3 is 2.44 bits per heavy atom. The minimum atomic E-state index is -0.209. The first kappa shape index (κ1) is 19.5. The molecule has 25 heavy (non-hydrogen) atoms. The summed E-state index contributed by atoms with van der Waals surface area (Å²) in [6, 6.07) is 10.4. The van der Waals surface area contributed by atoms with Gasteiger partial charge in [-0.15, -0.1) is 0 Å². The fourth-order valence-electron chi connectivity index (χ4n) is 2.45. The summed E-state index contributed by atoms with van der Waals surface area (Å²) in [6.45, 7) is 1.74. The molecule has 2 rings (SSSR count). The van der Waals surface area contributed by atoms with Crippen LogP contribution in [-0.4, -0.2) is 27.3 Å². The van der Waals surface area contributed by atoms with Crippen molar-refractivity contribution in [2.45, 2.75) is 12.8 Å². The zero-order chi connectivity index (χ0) is 18.1. The molecular weight excluding hydrogens is 385 g/mol. The number of ether oxygens (including phenoxy) is 2. The van der Waals surface area contributed by atoms with Gasteiger partial charge >= 0.3 is 0 Å². The lowest BCUT2D eigenvalue weighted by molar-refractivity contribution is 0.396. The Hall–Kier alpha value is -1.85. The standard InChI is InChI=1S/C20H23BrFNO2/c1-24-19-14-18(21)20(25-2)13-16(19)10-12-23-11-4-3-5-15-6-8-17(22)9-7-15/h3,5-9,13-14,23H,4,10-12H2,1-2H3/b5-3+. The van der Waals surface area contributed by atoms with Gasteiger partial charge in [-0.3, -0.25) is 0 Å². The molecule has 0 fully saturated rings. The molecule has 5 heteroatoms. The van der Waals surface area contributed by atoms with Gasteiger partial charge in [0.15, 0.2) is 0 Å². The molecule has 0 spiro atoms. The smallest absolute Gasteiger partial charge is 0.133 e. The van der Waals surface area contributed by atoms with E-state index >= 15 is 0 Å². The van der Waals surface area contributed by atoms with Gasteiger partial charge in [0.25, 0.3) is 0 Å². The van der Waals surface area contributed by atoms with Crippen molar-refractivity contribution in [1.29, 1.82) is 0 Å². The maximum absolute atomic E-state index is 12.8. The Balaban J connectivity index is 1.75. The van der Waals surface area contributed by atoms with Crippen LogP contribution in [0.4, 0.5) is 4.39 Å². The van der Waals surface area contributed by atoms with Crippen LogP contribution in [0.15, 0.2) is 46.9 Å². The van der Waals surface area contributed by atoms with Crippen molar-refractivity contribution in [2.24, 2.45) is 0 Å². The van der Waals surface area contributed by atoms with Gasteiger partial charge in [-0.05, 0) is 77.3 Å². The summed E-state index contributed by atoms with van der Waals surface area (Å²) >= 11 is 3.47. The van der Waals surface area contributed by atoms with E-state index in [1.807, 2.05) is 18.2 Å². The SMILES string of the molecule is COc1cc(CCNCC/C=C/c2ccc(F)cc2)c(OC)cc1Br. The second-order valence-electron chi connectivity index (χ2n) is 5.54. The van der Waals surface area contributed by atoms with Crippen molar-refractivity contribution in [3.8, 4) is 11.5 Å². The Morgan fingerprint density at radius 2 is 1.76 bits per heavy atom. The van der Waals surface area contributed by atoms with E-state index in [1.165, 1.54) is 12.1 Å². The molecule has 0 aliphatic carbocycles. The molecule has 2 aromatic carbocycles. The highest BCUT2D eigenvalue weighted by molar-refractivity contribution is 9.10. The highest BCUT2D eigenvalue weighted by Crippen LogP contribution is 2.32. The summed E-state index contributed by atoms with van der Waals surface area (Å²) in [5, 5.41) is 3.41. The molecule has 0 saturated heterocycles. The molecule has 0 saturated carbocycles. The van der Waals surface area contributed by atoms with Gasteiger partial charge < -0.3 is 14.8 Å². The van der Waals surface area contributed by atoms with Crippen LogP contribution in [-0.2, 0) is 6.42 Å². The third-order valence-corrected chi connectivity index (χ3v) is 4.41. The fourth-order valence-corrected chi connectivity index (χ4v) is 2.93. The van der Waals surface area contributed by atoms with E-state index in [0.29, 0.717) is 0 Å². The van der Waals surface area contributed by atoms with Gasteiger partial charge in [-0.1, -0.05) is 24.3 Å². The first-order valence-electron chi connectivity index (χ1n) is 8.17. The molecule has 0 aromatic heterocycles. The molecule has 0 radical (unpaired) electrons. The zero-order valence-corrected chi connectivity index (χ0v) is 16.1. The molecule has 0 aliphatic rings. The lowest BCUT2D eigenvalue weighted by Crippen LogP contribution is -2.18. The van der Waals surface area contributed by atoms with Gasteiger partial charge in [-0.25, -0.2) is 4.39 Å². The molecular formula is C20H23BrFNO2. The molecule has 0 bridgehead atoms.